The topological polar surface area (TPSA) is 262 Å². The van der Waals surface area contributed by atoms with E-state index in [-0.39, 0.29) is 36.1 Å². The standard InChI is InChI=1S/C29H38N8O8/c1-28(44)13-5-4-6-16(38)17(13)21(39)18-14(28)11-15-20(35(2)3)22(40)19(24(42)29(15,45)23(18)41)25(43)33-12-36-7-9-37(10-8-36)27(32)34-26(30)31/h4-6,14-15,20,38-39,42,44-45H,7-12H2,1-3H3,(H,33,43)(H5,30,31,32,34)/t14?,15-,20-,28+,29-/m1/s1. The molecule has 1 unspecified atom stereocenters. The van der Waals surface area contributed by atoms with Crippen LogP contribution >= 0.6 is 0 Å². The molecule has 16 heteroatoms. The lowest BCUT2D eigenvalue weighted by atomic mass is 9.54. The van der Waals surface area contributed by atoms with Gasteiger partial charge in [0.2, 0.25) is 11.7 Å². The number of phenols is 1. The fourth-order valence-corrected chi connectivity index (χ4v) is 7.07. The van der Waals surface area contributed by atoms with E-state index in [0.717, 1.165) is 0 Å². The molecule has 1 saturated heterocycles. The van der Waals surface area contributed by atoms with Gasteiger partial charge in [-0.15, -0.1) is 0 Å². The van der Waals surface area contributed by atoms with Crippen LogP contribution in [-0.2, 0) is 20.0 Å². The van der Waals surface area contributed by atoms with Gasteiger partial charge in [-0.1, -0.05) is 12.1 Å². The second-order valence-corrected chi connectivity index (χ2v) is 12.2. The van der Waals surface area contributed by atoms with Crippen molar-refractivity contribution in [2.24, 2.45) is 28.3 Å². The predicted molar refractivity (Wildman–Crippen MR) is 161 cm³/mol. The zero-order valence-electron chi connectivity index (χ0n) is 25.1. The molecule has 0 bridgehead atoms. The van der Waals surface area contributed by atoms with E-state index in [1.807, 2.05) is 4.90 Å². The quantitative estimate of drug-likeness (QED) is 0.100. The number of aliphatic imine (C=N–C) groups is 1. The van der Waals surface area contributed by atoms with E-state index >= 15 is 0 Å². The van der Waals surface area contributed by atoms with Crippen molar-refractivity contribution in [2.45, 2.75) is 30.6 Å². The third-order valence-corrected chi connectivity index (χ3v) is 9.37. The Bertz CT molecular complexity index is 1570. The fourth-order valence-electron chi connectivity index (χ4n) is 7.07. The number of nitrogens with one attached hydrogen (secondary N) is 2. The molecule has 1 aliphatic heterocycles. The Morgan fingerprint density at radius 2 is 1.78 bits per heavy atom. The molecule has 1 amide bonds. The summed E-state index contributed by atoms with van der Waals surface area (Å²) in [4.78, 5) is 50.1. The molecule has 16 nitrogen and oxygen atoms in total. The van der Waals surface area contributed by atoms with Gasteiger partial charge in [-0.25, -0.2) is 0 Å². The number of hydrogen-bond acceptors (Lipinski definition) is 11. The molecule has 11 N–H and O–H groups in total. The second-order valence-electron chi connectivity index (χ2n) is 12.2. The van der Waals surface area contributed by atoms with Crippen LogP contribution in [0.25, 0.3) is 5.76 Å². The first-order chi connectivity index (χ1) is 21.0. The summed E-state index contributed by atoms with van der Waals surface area (Å²) in [5.41, 5.74) is 4.82. The molecular formula is C29H38N8O8. The third-order valence-electron chi connectivity index (χ3n) is 9.37. The maximum atomic E-state index is 14.2. The number of ketones is 2. The average molecular weight is 627 g/mol. The molecule has 1 saturated carbocycles. The first-order valence-corrected chi connectivity index (χ1v) is 14.4. The number of Topliss-reactive ketones (excluding diaryl/α,β-unsaturated/α-hetero) is 2. The van der Waals surface area contributed by atoms with Crippen LogP contribution in [0.3, 0.4) is 0 Å². The summed E-state index contributed by atoms with van der Waals surface area (Å²) in [6.07, 6.45) is -0.226. The van der Waals surface area contributed by atoms with Gasteiger partial charge in [0.25, 0.3) is 5.91 Å². The number of nitrogens with two attached hydrogens (primary N) is 2. The molecule has 0 spiro atoms. The number of carbonyl (C=O) groups excluding carboxylic acids is 3. The molecule has 1 heterocycles. The van der Waals surface area contributed by atoms with E-state index in [1.54, 1.807) is 4.90 Å². The summed E-state index contributed by atoms with van der Waals surface area (Å²) in [5.74, 6) is -7.99. The number of fused-ring (bicyclic) bond motifs is 3. The molecule has 2 fully saturated rings. The number of aromatic hydroxyl groups is 1. The minimum absolute atomic E-state index is 0.0538. The van der Waals surface area contributed by atoms with Crippen LogP contribution in [0.15, 0.2) is 40.1 Å². The molecule has 5 rings (SSSR count). The number of hydrogen-bond donors (Lipinski definition) is 9. The molecule has 1 aromatic carbocycles. The van der Waals surface area contributed by atoms with Crippen molar-refractivity contribution in [3.8, 4) is 5.75 Å². The zero-order valence-corrected chi connectivity index (χ0v) is 25.1. The van der Waals surface area contributed by atoms with Gasteiger partial charge in [0.1, 0.15) is 22.8 Å². The van der Waals surface area contributed by atoms with Crippen molar-refractivity contribution >= 4 is 35.2 Å². The van der Waals surface area contributed by atoms with Gasteiger partial charge in [0.15, 0.2) is 17.3 Å². The van der Waals surface area contributed by atoms with Gasteiger partial charge in [-0.2, -0.15) is 4.99 Å². The molecule has 45 heavy (non-hydrogen) atoms. The van der Waals surface area contributed by atoms with Gasteiger partial charge in [0.05, 0.1) is 23.9 Å². The normalized spacial score (nSPS) is 30.1. The van der Waals surface area contributed by atoms with Crippen molar-refractivity contribution in [3.05, 3.63) is 46.2 Å². The Morgan fingerprint density at radius 1 is 1.13 bits per heavy atom. The van der Waals surface area contributed by atoms with Gasteiger partial charge in [0, 0.05) is 43.6 Å². The molecule has 0 aromatic heterocycles. The van der Waals surface area contributed by atoms with Crippen molar-refractivity contribution in [1.82, 2.24) is 20.0 Å². The highest BCUT2D eigenvalue weighted by Crippen LogP contribution is 2.57. The van der Waals surface area contributed by atoms with E-state index < -0.39 is 75.0 Å². The molecule has 4 aliphatic rings. The van der Waals surface area contributed by atoms with Crippen molar-refractivity contribution in [2.75, 3.05) is 46.9 Å². The van der Waals surface area contributed by atoms with Crippen LogP contribution in [0.2, 0.25) is 0 Å². The lowest BCUT2D eigenvalue weighted by Crippen LogP contribution is -2.67. The number of amides is 1. The summed E-state index contributed by atoms with van der Waals surface area (Å²) in [6.45, 7) is 2.90. The maximum absolute atomic E-state index is 14.2. The Kier molecular flexibility index (Phi) is 7.89. The second kappa shape index (κ2) is 11.1. The smallest absolute Gasteiger partial charge is 0.259 e. The van der Waals surface area contributed by atoms with Gasteiger partial charge in [-0.3, -0.25) is 29.6 Å². The molecule has 3 aliphatic carbocycles. The highest BCUT2D eigenvalue weighted by molar-refractivity contribution is 6.25. The minimum Gasteiger partial charge on any atom is -0.508 e. The molecule has 1 aromatic rings. The van der Waals surface area contributed by atoms with Crippen molar-refractivity contribution in [3.63, 3.8) is 0 Å². The fraction of sp³-hybridized carbons (Fsp3) is 0.483. The lowest BCUT2D eigenvalue weighted by Gasteiger charge is -2.53. The van der Waals surface area contributed by atoms with Crippen molar-refractivity contribution < 1.29 is 39.9 Å². The molecular weight excluding hydrogens is 588 g/mol. The van der Waals surface area contributed by atoms with E-state index in [1.165, 1.54) is 44.1 Å². The van der Waals surface area contributed by atoms with Gasteiger partial charge >= 0.3 is 0 Å². The van der Waals surface area contributed by atoms with Crippen molar-refractivity contribution in [1.29, 1.82) is 5.41 Å². The number of rotatable bonds is 4. The van der Waals surface area contributed by atoms with E-state index in [4.69, 9.17) is 16.9 Å². The summed E-state index contributed by atoms with van der Waals surface area (Å²) in [5, 5.41) is 67.4. The third kappa shape index (κ3) is 4.89. The first kappa shape index (κ1) is 31.9. The minimum atomic E-state index is -2.80. The highest BCUT2D eigenvalue weighted by atomic mass is 16.3. The molecule has 5 atom stereocenters. The van der Waals surface area contributed by atoms with Gasteiger partial charge < -0.3 is 47.2 Å². The Balaban J connectivity index is 1.47. The number of piperazine rings is 1. The van der Waals surface area contributed by atoms with Crippen LogP contribution in [0, 0.1) is 17.2 Å². The highest BCUT2D eigenvalue weighted by Gasteiger charge is 2.66. The number of guanidine groups is 2. The Hall–Kier alpha value is -4.51. The van der Waals surface area contributed by atoms with Crippen LogP contribution < -0.4 is 16.8 Å². The monoisotopic (exact) mass is 626 g/mol. The number of nitrogens with zero attached hydrogens (tertiary/aromatic N) is 4. The molecule has 242 valence electrons. The number of carbonyl (C=O) groups is 3. The summed E-state index contributed by atoms with van der Waals surface area (Å²) < 4.78 is 0. The lowest BCUT2D eigenvalue weighted by molar-refractivity contribution is -0.159. The number of phenolic OH excluding ortho intramolecular Hbond substituents is 1. The number of likely N-dealkylation sites (N-methyl/N-ethyl adjacent to an activating group) is 1. The summed E-state index contributed by atoms with van der Waals surface area (Å²) in [7, 11) is 3.06. The average Bonchev–Trinajstić information content (AvgIpc) is 2.96. The SMILES string of the molecule is CN(C)[C@H]1C(=O)C(C(=O)NCN2CCN(C(=N)N=C(N)N)CC2)=C(O)[C@]2(O)C(=O)C3=C(O)c4c(O)cccc4[C@](C)(O)C3C[C@H]12. The number of benzene rings is 1. The Labute approximate surface area is 258 Å². The predicted octanol–water partition coefficient (Wildman–Crippen LogP) is -1.96. The van der Waals surface area contributed by atoms with Gasteiger partial charge in [-0.05, 0) is 39.1 Å². The van der Waals surface area contributed by atoms with Crippen LogP contribution in [0.5, 0.6) is 5.75 Å². The van der Waals surface area contributed by atoms with E-state index in [2.05, 4.69) is 10.3 Å². The zero-order chi connectivity index (χ0) is 33.2. The van der Waals surface area contributed by atoms with E-state index in [0.29, 0.717) is 26.2 Å². The van der Waals surface area contributed by atoms with E-state index in [9.17, 15) is 39.9 Å². The van der Waals surface area contributed by atoms with Crippen LogP contribution in [0.1, 0.15) is 24.5 Å². The maximum Gasteiger partial charge on any atom is 0.259 e. The largest absolute Gasteiger partial charge is 0.508 e. The molecule has 0 radical (unpaired) electrons. The van der Waals surface area contributed by atoms with Crippen LogP contribution in [-0.4, -0.2) is 128 Å². The number of aliphatic hydroxyl groups excluding tert-OH is 2. The number of aliphatic hydroxyl groups is 4. The first-order valence-electron chi connectivity index (χ1n) is 14.4. The summed E-state index contributed by atoms with van der Waals surface area (Å²) >= 11 is 0. The van der Waals surface area contributed by atoms with Crippen LogP contribution in [0.4, 0.5) is 0 Å². The Morgan fingerprint density at radius 3 is 2.38 bits per heavy atom. The summed E-state index contributed by atoms with van der Waals surface area (Å²) in [6, 6.07) is 2.99.